The number of aromatic amines is 1. The quantitative estimate of drug-likeness (QED) is 0.243. The van der Waals surface area contributed by atoms with Crippen molar-refractivity contribution in [3.8, 4) is 0 Å². The van der Waals surface area contributed by atoms with E-state index in [0.29, 0.717) is 0 Å². The molecule has 0 aliphatic heterocycles. The maximum atomic E-state index is 12.1. The van der Waals surface area contributed by atoms with Crippen molar-refractivity contribution in [3.05, 3.63) is 77.0 Å². The fourth-order valence-electron chi connectivity index (χ4n) is 3.78. The van der Waals surface area contributed by atoms with Crippen molar-refractivity contribution in [3.63, 3.8) is 0 Å². The van der Waals surface area contributed by atoms with Crippen LogP contribution in [0.4, 0.5) is 0 Å². The summed E-state index contributed by atoms with van der Waals surface area (Å²) in [5.74, 6) is -0.0892. The molecule has 0 bridgehead atoms. The van der Waals surface area contributed by atoms with Crippen molar-refractivity contribution in [1.82, 2.24) is 20.7 Å². The van der Waals surface area contributed by atoms with Crippen LogP contribution in [-0.2, 0) is 17.8 Å². The topological polar surface area (TPSA) is 60.2 Å². The van der Waals surface area contributed by atoms with Gasteiger partial charge in [-0.3, -0.25) is 10.2 Å². The standard InChI is InChI=1S/C26H34N4O/c1-4-18-30(5-2)29-26(31)15-14-21-10-12-22(13-11-21)19-27-17-16-23-20(3)28-25-9-7-6-8-24(23)25/h6-15,27-28H,4-5,16-19H2,1-3H3,(H,29,31). The van der Waals surface area contributed by atoms with Gasteiger partial charge < -0.3 is 10.3 Å². The molecule has 0 unspecified atom stereocenters. The summed E-state index contributed by atoms with van der Waals surface area (Å²) in [6, 6.07) is 16.8. The van der Waals surface area contributed by atoms with E-state index in [1.807, 2.05) is 30.1 Å². The molecule has 5 heteroatoms. The molecule has 3 aromatic rings. The number of hydrazine groups is 1. The van der Waals surface area contributed by atoms with E-state index in [-0.39, 0.29) is 5.91 Å². The molecule has 0 spiro atoms. The molecule has 1 heterocycles. The highest BCUT2D eigenvalue weighted by Gasteiger charge is 2.07. The maximum Gasteiger partial charge on any atom is 0.258 e. The molecule has 164 valence electrons. The minimum Gasteiger partial charge on any atom is -0.358 e. The van der Waals surface area contributed by atoms with E-state index in [4.69, 9.17) is 0 Å². The first-order chi connectivity index (χ1) is 15.1. The molecule has 31 heavy (non-hydrogen) atoms. The van der Waals surface area contributed by atoms with Crippen molar-refractivity contribution in [1.29, 1.82) is 0 Å². The molecular formula is C26H34N4O. The first-order valence-corrected chi connectivity index (χ1v) is 11.2. The summed E-state index contributed by atoms with van der Waals surface area (Å²) in [5.41, 5.74) is 9.01. The zero-order valence-electron chi connectivity index (χ0n) is 18.9. The van der Waals surface area contributed by atoms with Crippen molar-refractivity contribution in [2.45, 2.75) is 40.2 Å². The Morgan fingerprint density at radius 1 is 1.10 bits per heavy atom. The Morgan fingerprint density at radius 3 is 2.61 bits per heavy atom. The van der Waals surface area contributed by atoms with Crippen LogP contribution < -0.4 is 10.7 Å². The van der Waals surface area contributed by atoms with Crippen molar-refractivity contribution < 1.29 is 4.79 Å². The normalized spacial score (nSPS) is 11.6. The average Bonchev–Trinajstić information content (AvgIpc) is 3.10. The molecule has 3 N–H and O–H groups in total. The zero-order valence-corrected chi connectivity index (χ0v) is 18.9. The first-order valence-electron chi connectivity index (χ1n) is 11.2. The van der Waals surface area contributed by atoms with Gasteiger partial charge in [-0.15, -0.1) is 0 Å². The predicted octanol–water partition coefficient (Wildman–Crippen LogP) is 4.58. The molecular weight excluding hydrogens is 384 g/mol. The number of nitrogens with zero attached hydrogens (tertiary/aromatic N) is 1. The lowest BCUT2D eigenvalue weighted by atomic mass is 10.1. The number of hydrogen-bond donors (Lipinski definition) is 3. The number of para-hydroxylation sites is 1. The Balaban J connectivity index is 1.45. The van der Waals surface area contributed by atoms with Crippen LogP contribution in [0.5, 0.6) is 0 Å². The van der Waals surface area contributed by atoms with Gasteiger partial charge in [-0.25, -0.2) is 5.01 Å². The number of benzene rings is 2. The highest BCUT2D eigenvalue weighted by atomic mass is 16.2. The van der Waals surface area contributed by atoms with Crippen molar-refractivity contribution in [2.75, 3.05) is 19.6 Å². The number of amides is 1. The fourth-order valence-corrected chi connectivity index (χ4v) is 3.78. The van der Waals surface area contributed by atoms with Gasteiger partial charge >= 0.3 is 0 Å². The van der Waals surface area contributed by atoms with Crippen LogP contribution in [0.25, 0.3) is 17.0 Å². The molecule has 0 saturated carbocycles. The smallest absolute Gasteiger partial charge is 0.258 e. The molecule has 0 aliphatic rings. The van der Waals surface area contributed by atoms with Gasteiger partial charge in [0, 0.05) is 42.3 Å². The molecule has 0 fully saturated rings. The van der Waals surface area contributed by atoms with E-state index >= 15 is 0 Å². The SMILES string of the molecule is CCCN(CC)NC(=O)C=Cc1ccc(CNCCc2c(C)[nH]c3ccccc23)cc1. The molecule has 2 aromatic carbocycles. The second-order valence-electron chi connectivity index (χ2n) is 7.83. The number of rotatable bonds is 11. The maximum absolute atomic E-state index is 12.1. The lowest BCUT2D eigenvalue weighted by molar-refractivity contribution is -0.121. The molecule has 5 nitrogen and oxygen atoms in total. The minimum absolute atomic E-state index is 0.0892. The Bertz CT molecular complexity index is 1000. The molecule has 1 aromatic heterocycles. The van der Waals surface area contributed by atoms with E-state index in [2.05, 4.69) is 66.0 Å². The fraction of sp³-hybridized carbons (Fsp3) is 0.346. The summed E-state index contributed by atoms with van der Waals surface area (Å²) in [7, 11) is 0. The largest absolute Gasteiger partial charge is 0.358 e. The van der Waals surface area contributed by atoms with Crippen LogP contribution in [0.3, 0.4) is 0 Å². The summed E-state index contributed by atoms with van der Waals surface area (Å²) >= 11 is 0. The molecule has 0 aliphatic carbocycles. The van der Waals surface area contributed by atoms with Crippen molar-refractivity contribution in [2.24, 2.45) is 0 Å². The summed E-state index contributed by atoms with van der Waals surface area (Å²) in [6.45, 7) is 9.70. The summed E-state index contributed by atoms with van der Waals surface area (Å²) in [4.78, 5) is 15.5. The predicted molar refractivity (Wildman–Crippen MR) is 130 cm³/mol. The van der Waals surface area contributed by atoms with Crippen molar-refractivity contribution >= 4 is 22.9 Å². The third-order valence-corrected chi connectivity index (χ3v) is 5.46. The van der Waals surface area contributed by atoms with Gasteiger partial charge in [0.25, 0.3) is 5.91 Å². The monoisotopic (exact) mass is 418 g/mol. The van der Waals surface area contributed by atoms with Gasteiger partial charge in [0.2, 0.25) is 0 Å². The van der Waals surface area contributed by atoms with Gasteiger partial charge in [-0.05, 0) is 55.1 Å². The Kier molecular flexibility index (Phi) is 8.44. The molecule has 0 saturated heterocycles. The molecule has 0 atom stereocenters. The van der Waals surface area contributed by atoms with Crippen LogP contribution in [0, 0.1) is 6.92 Å². The Hall–Kier alpha value is -2.89. The Morgan fingerprint density at radius 2 is 1.87 bits per heavy atom. The third-order valence-electron chi connectivity index (χ3n) is 5.46. The average molecular weight is 419 g/mol. The Labute approximate surface area is 185 Å². The van der Waals surface area contributed by atoms with Crippen LogP contribution in [0.1, 0.15) is 42.7 Å². The number of carbonyl (C=O) groups is 1. The molecule has 1 amide bonds. The number of nitrogens with one attached hydrogen (secondary N) is 3. The first kappa shape index (κ1) is 22.8. The van der Waals surface area contributed by atoms with E-state index in [9.17, 15) is 4.79 Å². The third kappa shape index (κ3) is 6.54. The number of aromatic nitrogens is 1. The second-order valence-corrected chi connectivity index (χ2v) is 7.83. The number of aryl methyl sites for hydroxylation is 1. The highest BCUT2D eigenvalue weighted by molar-refractivity contribution is 5.91. The van der Waals surface area contributed by atoms with Crippen LogP contribution in [0.15, 0.2) is 54.6 Å². The van der Waals surface area contributed by atoms with Crippen LogP contribution >= 0.6 is 0 Å². The highest BCUT2D eigenvalue weighted by Crippen LogP contribution is 2.21. The van der Waals surface area contributed by atoms with E-state index in [0.717, 1.165) is 44.6 Å². The van der Waals surface area contributed by atoms with Crippen LogP contribution in [-0.4, -0.2) is 35.5 Å². The lowest BCUT2D eigenvalue weighted by Crippen LogP contribution is -2.41. The van der Waals surface area contributed by atoms with Gasteiger partial charge in [-0.1, -0.05) is 56.3 Å². The van der Waals surface area contributed by atoms with Crippen LogP contribution in [0.2, 0.25) is 0 Å². The summed E-state index contributed by atoms with van der Waals surface area (Å²) in [6.07, 6.45) is 5.45. The van der Waals surface area contributed by atoms with Gasteiger partial charge in [0.1, 0.15) is 0 Å². The minimum atomic E-state index is -0.0892. The number of hydrogen-bond acceptors (Lipinski definition) is 3. The van der Waals surface area contributed by atoms with Gasteiger partial charge in [0.05, 0.1) is 0 Å². The number of H-pyrrole nitrogens is 1. The molecule has 3 rings (SSSR count). The second kappa shape index (κ2) is 11.5. The molecule has 0 radical (unpaired) electrons. The van der Waals surface area contributed by atoms with E-state index in [1.54, 1.807) is 6.08 Å². The zero-order chi connectivity index (χ0) is 22.1. The number of fused-ring (bicyclic) bond motifs is 1. The number of carbonyl (C=O) groups excluding carboxylic acids is 1. The van der Waals surface area contributed by atoms with Gasteiger partial charge in [-0.2, -0.15) is 0 Å². The van der Waals surface area contributed by atoms with Gasteiger partial charge in [0.15, 0.2) is 0 Å². The summed E-state index contributed by atoms with van der Waals surface area (Å²) in [5, 5.41) is 6.79. The summed E-state index contributed by atoms with van der Waals surface area (Å²) < 4.78 is 0. The van der Waals surface area contributed by atoms with E-state index in [1.165, 1.54) is 27.7 Å². The lowest BCUT2D eigenvalue weighted by Gasteiger charge is -2.19. The van der Waals surface area contributed by atoms with E-state index < -0.39 is 0 Å².